The summed E-state index contributed by atoms with van der Waals surface area (Å²) in [4.78, 5) is 36.4. The highest BCUT2D eigenvalue weighted by Gasteiger charge is 2.28. The molecule has 3 aromatic rings. The molecule has 13 heteroatoms. The third-order valence-electron chi connectivity index (χ3n) is 5.11. The van der Waals surface area contributed by atoms with Crippen molar-refractivity contribution in [2.75, 3.05) is 10.6 Å². The van der Waals surface area contributed by atoms with Gasteiger partial charge in [-0.15, -0.1) is 0 Å². The number of nitrogens with zero attached hydrogens (tertiary/aromatic N) is 7. The Kier molecular flexibility index (Phi) is 5.60. The highest BCUT2D eigenvalue weighted by molar-refractivity contribution is 6.09. The Hall–Kier alpha value is -4.03. The first-order valence-corrected chi connectivity index (χ1v) is 9.35. The van der Waals surface area contributed by atoms with Crippen LogP contribution in [-0.4, -0.2) is 46.1 Å². The van der Waals surface area contributed by atoms with Crippen LogP contribution in [0, 0.1) is 30.9 Å². The van der Waals surface area contributed by atoms with Crippen molar-refractivity contribution in [2.45, 2.75) is 33.7 Å². The molecule has 0 bridgehead atoms. The number of anilines is 2. The minimum atomic E-state index is -0.857. The average Bonchev–Trinajstić information content (AvgIpc) is 3.31. The van der Waals surface area contributed by atoms with Crippen LogP contribution in [0.4, 0.5) is 17.1 Å². The van der Waals surface area contributed by atoms with E-state index >= 15 is 0 Å². The van der Waals surface area contributed by atoms with Gasteiger partial charge in [-0.1, -0.05) is 0 Å². The number of nitrogens with one attached hydrogen (secondary N) is 2. The molecule has 0 radical (unpaired) electrons. The molecule has 0 aliphatic heterocycles. The second kappa shape index (κ2) is 8.01. The number of nitro groups is 1. The van der Waals surface area contributed by atoms with E-state index in [-0.39, 0.29) is 28.5 Å². The molecule has 164 valence electrons. The molecule has 0 spiro atoms. The lowest BCUT2D eigenvalue weighted by Crippen LogP contribution is -2.27. The van der Waals surface area contributed by atoms with E-state index < -0.39 is 22.8 Å². The Bertz CT molecular complexity index is 1190. The summed E-state index contributed by atoms with van der Waals surface area (Å²) in [7, 11) is 3.33. The maximum Gasteiger partial charge on any atom is 0.312 e. The third-order valence-corrected chi connectivity index (χ3v) is 5.11. The lowest BCUT2D eigenvalue weighted by Gasteiger charge is -2.14. The smallest absolute Gasteiger partial charge is 0.312 e. The minimum Gasteiger partial charge on any atom is -0.321 e. The van der Waals surface area contributed by atoms with E-state index in [0.717, 1.165) is 5.69 Å². The monoisotopic (exact) mass is 429 g/mol. The molecule has 3 heterocycles. The Labute approximate surface area is 177 Å². The molecule has 13 nitrogen and oxygen atoms in total. The van der Waals surface area contributed by atoms with Crippen molar-refractivity contribution in [3.05, 3.63) is 45.3 Å². The highest BCUT2D eigenvalue weighted by Crippen LogP contribution is 2.26. The van der Waals surface area contributed by atoms with Crippen LogP contribution >= 0.6 is 0 Å². The second-order valence-corrected chi connectivity index (χ2v) is 7.14. The predicted octanol–water partition coefficient (Wildman–Crippen LogP) is 1.64. The summed E-state index contributed by atoms with van der Waals surface area (Å²) in [5.74, 6) is -0.971. The molecule has 0 saturated carbocycles. The van der Waals surface area contributed by atoms with Crippen molar-refractivity contribution in [1.82, 2.24) is 29.3 Å². The van der Waals surface area contributed by atoms with Crippen molar-refractivity contribution in [3.8, 4) is 0 Å². The van der Waals surface area contributed by atoms with E-state index in [1.807, 2.05) is 6.92 Å². The summed E-state index contributed by atoms with van der Waals surface area (Å²) < 4.78 is 4.25. The molecule has 0 aliphatic rings. The summed E-state index contributed by atoms with van der Waals surface area (Å²) in [6.45, 7) is 6.41. The molecule has 0 fully saturated rings. The minimum absolute atomic E-state index is 0.132. The van der Waals surface area contributed by atoms with Gasteiger partial charge in [-0.2, -0.15) is 15.3 Å². The molecule has 0 aliphatic carbocycles. The fourth-order valence-electron chi connectivity index (χ4n) is 3.25. The molecule has 2 N–H and O–H groups in total. The topological polar surface area (TPSA) is 155 Å². The molecule has 0 aromatic carbocycles. The number of amides is 2. The van der Waals surface area contributed by atoms with Crippen LogP contribution in [0.5, 0.6) is 0 Å². The van der Waals surface area contributed by atoms with E-state index in [4.69, 9.17) is 0 Å². The normalized spacial score (nSPS) is 11.9. The average molecular weight is 429 g/mol. The molecule has 3 rings (SSSR count). The van der Waals surface area contributed by atoms with Crippen molar-refractivity contribution < 1.29 is 14.5 Å². The van der Waals surface area contributed by atoms with Gasteiger partial charge in [-0.25, -0.2) is 0 Å². The zero-order valence-corrected chi connectivity index (χ0v) is 18.0. The number of aromatic nitrogens is 6. The summed E-state index contributed by atoms with van der Waals surface area (Å²) >= 11 is 0. The summed E-state index contributed by atoms with van der Waals surface area (Å²) in [5.41, 5.74) is 2.00. The number of carbonyl (C=O) groups is 2. The summed E-state index contributed by atoms with van der Waals surface area (Å²) in [5, 5.41) is 28.9. The molecule has 1 unspecified atom stereocenters. The van der Waals surface area contributed by atoms with Gasteiger partial charge >= 0.3 is 5.69 Å². The van der Waals surface area contributed by atoms with Gasteiger partial charge in [0.05, 0.1) is 34.4 Å². The number of rotatable bonds is 6. The quantitative estimate of drug-likeness (QED) is 0.446. The van der Waals surface area contributed by atoms with Gasteiger partial charge in [0.15, 0.2) is 0 Å². The second-order valence-electron chi connectivity index (χ2n) is 7.14. The van der Waals surface area contributed by atoms with Crippen LogP contribution < -0.4 is 10.6 Å². The van der Waals surface area contributed by atoms with E-state index in [0.29, 0.717) is 5.69 Å². The molecule has 2 amide bonds. The van der Waals surface area contributed by atoms with E-state index in [9.17, 15) is 19.7 Å². The van der Waals surface area contributed by atoms with Crippen molar-refractivity contribution in [2.24, 2.45) is 14.1 Å². The predicted molar refractivity (Wildman–Crippen MR) is 111 cm³/mol. The molecular formula is C18H23N9O4. The first-order valence-electron chi connectivity index (χ1n) is 9.35. The lowest BCUT2D eigenvalue weighted by atomic mass is 10.2. The van der Waals surface area contributed by atoms with Gasteiger partial charge in [-0.3, -0.25) is 33.7 Å². The van der Waals surface area contributed by atoms with Crippen LogP contribution in [-0.2, 0) is 18.9 Å². The first-order chi connectivity index (χ1) is 14.5. The van der Waals surface area contributed by atoms with Crippen LogP contribution in [0.15, 0.2) is 12.4 Å². The summed E-state index contributed by atoms with van der Waals surface area (Å²) in [6, 6.07) is -0.857. The van der Waals surface area contributed by atoms with Crippen molar-refractivity contribution >= 4 is 28.9 Å². The van der Waals surface area contributed by atoms with E-state index in [2.05, 4.69) is 25.9 Å². The molecular weight excluding hydrogens is 406 g/mol. The van der Waals surface area contributed by atoms with Gasteiger partial charge in [0.2, 0.25) is 5.91 Å². The largest absolute Gasteiger partial charge is 0.321 e. The van der Waals surface area contributed by atoms with Gasteiger partial charge in [0.25, 0.3) is 5.91 Å². The molecule has 3 aromatic heterocycles. The highest BCUT2D eigenvalue weighted by atomic mass is 16.6. The van der Waals surface area contributed by atoms with Gasteiger partial charge in [0.1, 0.15) is 23.1 Å². The van der Waals surface area contributed by atoms with Crippen LogP contribution in [0.25, 0.3) is 0 Å². The first kappa shape index (κ1) is 21.7. The van der Waals surface area contributed by atoms with Crippen molar-refractivity contribution in [1.29, 1.82) is 0 Å². The van der Waals surface area contributed by atoms with Gasteiger partial charge in [0, 0.05) is 14.1 Å². The SMILES string of the molecule is Cc1nn(C(C)C(=O)Nc2cnn(C)c2C(=O)Nc2cnn(C)c2C)c(C)c1[N+](=O)[O-]. The fourth-order valence-corrected chi connectivity index (χ4v) is 3.25. The Morgan fingerprint density at radius 3 is 2.19 bits per heavy atom. The van der Waals surface area contributed by atoms with Crippen LogP contribution in [0.2, 0.25) is 0 Å². The third kappa shape index (κ3) is 3.89. The van der Waals surface area contributed by atoms with E-state index in [1.165, 1.54) is 35.6 Å². The maximum absolute atomic E-state index is 12.8. The Morgan fingerprint density at radius 2 is 1.65 bits per heavy atom. The lowest BCUT2D eigenvalue weighted by molar-refractivity contribution is -0.386. The van der Waals surface area contributed by atoms with Crippen LogP contribution in [0.3, 0.4) is 0 Å². The Balaban J connectivity index is 1.83. The zero-order valence-electron chi connectivity index (χ0n) is 18.0. The van der Waals surface area contributed by atoms with Crippen LogP contribution in [0.1, 0.15) is 40.5 Å². The standard InChI is InChI=1S/C18H23N9O4/c1-9-15(27(30)31)11(3)26(23-9)12(4)17(28)22-14-8-20-25(6)16(14)18(29)21-13-7-19-24(5)10(13)2/h7-8,12H,1-6H3,(H,21,29)(H,22,28). The number of hydrogen-bond donors (Lipinski definition) is 2. The van der Waals surface area contributed by atoms with E-state index in [1.54, 1.807) is 25.7 Å². The Morgan fingerprint density at radius 1 is 1.03 bits per heavy atom. The molecule has 1 atom stereocenters. The number of carbonyl (C=O) groups excluding carboxylic acids is 2. The number of aryl methyl sites for hydroxylation is 3. The van der Waals surface area contributed by atoms with Crippen molar-refractivity contribution in [3.63, 3.8) is 0 Å². The zero-order chi connectivity index (χ0) is 23.0. The maximum atomic E-state index is 12.8. The fraction of sp³-hybridized carbons (Fsp3) is 0.389. The van der Waals surface area contributed by atoms with Gasteiger partial charge < -0.3 is 10.6 Å². The van der Waals surface area contributed by atoms with Gasteiger partial charge in [-0.05, 0) is 27.7 Å². The molecule has 31 heavy (non-hydrogen) atoms. The number of hydrogen-bond acceptors (Lipinski definition) is 7. The molecule has 0 saturated heterocycles. The summed E-state index contributed by atoms with van der Waals surface area (Å²) in [6.07, 6.45) is 2.89.